The summed E-state index contributed by atoms with van der Waals surface area (Å²) >= 11 is 0.705. The summed E-state index contributed by atoms with van der Waals surface area (Å²) in [6.07, 6.45) is -9.92. The van der Waals surface area contributed by atoms with Gasteiger partial charge in [0.2, 0.25) is 0 Å². The molecule has 0 unspecified atom stereocenters. The van der Waals surface area contributed by atoms with Crippen LogP contribution in [0.25, 0.3) is 0 Å². The molecule has 2 nitrogen and oxygen atoms in total. The fourth-order valence-electron chi connectivity index (χ4n) is 1.41. The van der Waals surface area contributed by atoms with E-state index < -0.39 is 48.9 Å². The fourth-order valence-corrected chi connectivity index (χ4v) is 2.14. The maximum atomic E-state index is 13.2. The zero-order valence-electron chi connectivity index (χ0n) is 12.5. The topological polar surface area (TPSA) is 26.3 Å². The second-order valence-electron chi connectivity index (χ2n) is 5.05. The average molecular weight is 394 g/mol. The van der Waals surface area contributed by atoms with Crippen molar-refractivity contribution in [3.05, 3.63) is 0 Å². The second-order valence-corrected chi connectivity index (χ2v) is 6.15. The molecule has 0 radical (unpaired) electrons. The normalized spacial score (nSPS) is 14.2. The minimum absolute atomic E-state index is 0.293. The van der Waals surface area contributed by atoms with Gasteiger partial charge in [-0.3, -0.25) is 4.79 Å². The quantitative estimate of drug-likeness (QED) is 0.316. The number of carbonyl (C=O) groups excluding carboxylic acids is 1. The third kappa shape index (κ3) is 5.62. The molecule has 0 saturated carbocycles. The van der Waals surface area contributed by atoms with E-state index in [1.165, 1.54) is 0 Å². The van der Waals surface area contributed by atoms with Gasteiger partial charge in [0, 0.05) is 6.42 Å². The van der Waals surface area contributed by atoms with Crippen LogP contribution >= 0.6 is 11.8 Å². The van der Waals surface area contributed by atoms with Crippen molar-refractivity contribution in [1.29, 1.82) is 0 Å². The zero-order chi connectivity index (χ0) is 19.4. The molecule has 24 heavy (non-hydrogen) atoms. The van der Waals surface area contributed by atoms with E-state index in [4.69, 9.17) is 0 Å². The predicted octanol–water partition coefficient (Wildman–Crippen LogP) is 4.92. The van der Waals surface area contributed by atoms with Crippen LogP contribution in [0.4, 0.5) is 39.5 Å². The van der Waals surface area contributed by atoms with Gasteiger partial charge in [-0.25, -0.2) is 0 Å². The van der Waals surface area contributed by atoms with Crippen molar-refractivity contribution in [1.82, 2.24) is 0 Å². The Hall–Kier alpha value is -0.810. The van der Waals surface area contributed by atoms with E-state index in [9.17, 15) is 44.3 Å². The van der Waals surface area contributed by atoms with Gasteiger partial charge in [0.15, 0.2) is 0 Å². The summed E-state index contributed by atoms with van der Waals surface area (Å²) in [7, 11) is 0. The summed E-state index contributed by atoms with van der Waals surface area (Å²) in [4.78, 5) is 11.1. The highest BCUT2D eigenvalue weighted by molar-refractivity contribution is 7.99. The third-order valence-corrected chi connectivity index (χ3v) is 3.59. The zero-order valence-corrected chi connectivity index (χ0v) is 13.3. The average Bonchev–Trinajstić information content (AvgIpc) is 2.35. The molecule has 144 valence electrons. The van der Waals surface area contributed by atoms with Crippen LogP contribution in [0.1, 0.15) is 26.7 Å². The number of ether oxygens (including phenoxy) is 1. The molecule has 0 bridgehead atoms. The Morgan fingerprint density at radius 1 is 0.958 bits per heavy atom. The molecule has 12 heteroatoms. The van der Waals surface area contributed by atoms with Crippen molar-refractivity contribution < 1.29 is 49.0 Å². The Morgan fingerprint density at radius 3 is 1.88 bits per heavy atom. The minimum Gasteiger partial charge on any atom is -0.462 e. The number of rotatable bonds is 9. The molecular formula is C12H15F9O2S. The molecule has 0 rings (SSSR count). The first kappa shape index (κ1) is 23.2. The first-order valence-corrected chi connectivity index (χ1v) is 7.69. The van der Waals surface area contributed by atoms with Gasteiger partial charge < -0.3 is 4.74 Å². The van der Waals surface area contributed by atoms with E-state index >= 15 is 0 Å². The fraction of sp³-hybridized carbons (Fsp3) is 0.917. The van der Waals surface area contributed by atoms with E-state index in [1.54, 1.807) is 13.8 Å². The van der Waals surface area contributed by atoms with Crippen molar-refractivity contribution in [3.8, 4) is 0 Å². The van der Waals surface area contributed by atoms with Crippen molar-refractivity contribution in [2.75, 3.05) is 11.5 Å². The lowest BCUT2D eigenvalue weighted by atomic mass is 10.00. The molecule has 0 heterocycles. The highest BCUT2D eigenvalue weighted by Crippen LogP contribution is 2.54. The maximum absolute atomic E-state index is 13.2. The Kier molecular flexibility index (Phi) is 7.77. The van der Waals surface area contributed by atoms with E-state index in [-0.39, 0.29) is 11.5 Å². The summed E-state index contributed by atoms with van der Waals surface area (Å²) in [5.74, 6) is -20.3. The molecule has 0 saturated heterocycles. The number of hydrogen-bond acceptors (Lipinski definition) is 3. The molecular weight excluding hydrogens is 379 g/mol. The van der Waals surface area contributed by atoms with Crippen molar-refractivity contribution >= 4 is 17.7 Å². The van der Waals surface area contributed by atoms with Gasteiger partial charge in [-0.2, -0.15) is 51.3 Å². The Balaban J connectivity index is 4.57. The number of hydrogen-bond donors (Lipinski definition) is 0. The molecule has 0 aromatic rings. The molecule has 0 aromatic heterocycles. The van der Waals surface area contributed by atoms with Crippen LogP contribution < -0.4 is 0 Å². The molecule has 0 fully saturated rings. The van der Waals surface area contributed by atoms with Crippen LogP contribution in [0.3, 0.4) is 0 Å². The number of halogens is 9. The number of thioether (sulfide) groups is 1. The van der Waals surface area contributed by atoms with Crippen LogP contribution in [0, 0.1) is 0 Å². The van der Waals surface area contributed by atoms with Gasteiger partial charge in [-0.05, 0) is 26.0 Å². The lowest BCUT2D eigenvalue weighted by Crippen LogP contribution is -2.60. The number of esters is 1. The lowest BCUT2D eigenvalue weighted by Gasteiger charge is -2.33. The largest absolute Gasteiger partial charge is 0.462 e. The first-order chi connectivity index (χ1) is 10.6. The Bertz CT molecular complexity index is 421. The van der Waals surface area contributed by atoms with Crippen LogP contribution in [-0.4, -0.2) is 47.5 Å². The monoisotopic (exact) mass is 394 g/mol. The Labute approximate surface area is 136 Å². The number of alkyl halides is 9. The van der Waals surface area contributed by atoms with E-state index in [0.717, 1.165) is 0 Å². The summed E-state index contributed by atoms with van der Waals surface area (Å²) in [6.45, 7) is 3.10. The van der Waals surface area contributed by atoms with Gasteiger partial charge in [0.25, 0.3) is 0 Å². The van der Waals surface area contributed by atoms with Gasteiger partial charge in [0.05, 0.1) is 11.9 Å². The molecule has 0 aromatic carbocycles. The summed E-state index contributed by atoms with van der Waals surface area (Å²) in [5, 5.41) is 0. The molecule has 0 atom stereocenters. The van der Waals surface area contributed by atoms with Gasteiger partial charge in [0.1, 0.15) is 0 Å². The van der Waals surface area contributed by atoms with Gasteiger partial charge >= 0.3 is 29.9 Å². The van der Waals surface area contributed by atoms with Crippen LogP contribution in [0.2, 0.25) is 0 Å². The number of carbonyl (C=O) groups is 1. The Morgan fingerprint density at radius 2 is 1.46 bits per heavy atom. The molecule has 0 aliphatic heterocycles. The lowest BCUT2D eigenvalue weighted by molar-refractivity contribution is -0.396. The highest BCUT2D eigenvalue weighted by Gasteiger charge is 2.81. The molecule has 0 aliphatic carbocycles. The second kappa shape index (κ2) is 8.05. The van der Waals surface area contributed by atoms with Crippen molar-refractivity contribution in [2.24, 2.45) is 0 Å². The van der Waals surface area contributed by atoms with Gasteiger partial charge in [-0.15, -0.1) is 0 Å². The molecule has 0 N–H and O–H groups in total. The molecule has 0 amide bonds. The van der Waals surface area contributed by atoms with Crippen LogP contribution in [0.15, 0.2) is 0 Å². The first-order valence-electron chi connectivity index (χ1n) is 6.53. The van der Waals surface area contributed by atoms with Crippen LogP contribution in [0.5, 0.6) is 0 Å². The summed E-state index contributed by atoms with van der Waals surface area (Å²) in [5.41, 5.74) is 0. The summed E-state index contributed by atoms with van der Waals surface area (Å²) in [6, 6.07) is 0. The molecule has 0 aliphatic rings. The minimum atomic E-state index is -6.86. The van der Waals surface area contributed by atoms with E-state index in [2.05, 4.69) is 4.74 Å². The van der Waals surface area contributed by atoms with E-state index in [0.29, 0.717) is 11.8 Å². The highest BCUT2D eigenvalue weighted by atomic mass is 32.2. The standard InChI is InChI=1S/C12H15F9O2S/c1-7(2)23-8(22)6-24-5-3-4-9(13,14)10(15,16)11(17,18)12(19,20)21/h7H,3-6H2,1-2H3. The van der Waals surface area contributed by atoms with Crippen LogP contribution in [-0.2, 0) is 9.53 Å². The maximum Gasteiger partial charge on any atom is 0.460 e. The van der Waals surface area contributed by atoms with Crippen molar-refractivity contribution in [2.45, 2.75) is 56.7 Å². The third-order valence-electron chi connectivity index (χ3n) is 2.58. The van der Waals surface area contributed by atoms with Gasteiger partial charge in [-0.1, -0.05) is 0 Å². The summed E-state index contributed by atoms with van der Waals surface area (Å²) < 4.78 is 118. The smallest absolute Gasteiger partial charge is 0.460 e. The molecule has 0 spiro atoms. The van der Waals surface area contributed by atoms with E-state index in [1.807, 2.05) is 0 Å². The SMILES string of the molecule is CC(C)OC(=O)CSCCCC(F)(F)C(F)(F)C(F)(F)C(F)(F)F. The van der Waals surface area contributed by atoms with Crippen molar-refractivity contribution in [3.63, 3.8) is 0 Å². The predicted molar refractivity (Wildman–Crippen MR) is 68.7 cm³/mol.